The number of amides is 4. The van der Waals surface area contributed by atoms with Crippen molar-refractivity contribution in [2.45, 2.75) is 34.3 Å². The number of ether oxygens (including phenoxy) is 4. The Morgan fingerprint density at radius 3 is 2.29 bits per heavy atom. The molecule has 0 atom stereocenters. The molecule has 0 unspecified atom stereocenters. The second-order valence-corrected chi connectivity index (χ2v) is 9.85. The van der Waals surface area contributed by atoms with Gasteiger partial charge >= 0.3 is 6.03 Å². The average Bonchev–Trinajstić information content (AvgIpc) is 2.92. The van der Waals surface area contributed by atoms with Gasteiger partial charge in [0.1, 0.15) is 23.7 Å². The third-order valence-corrected chi connectivity index (χ3v) is 6.58. The molecule has 0 spiro atoms. The van der Waals surface area contributed by atoms with Gasteiger partial charge in [0.25, 0.3) is 11.8 Å². The second-order valence-electron chi connectivity index (χ2n) is 8.99. The zero-order chi connectivity index (χ0) is 29.5. The van der Waals surface area contributed by atoms with Gasteiger partial charge in [-0.2, -0.15) is 0 Å². The zero-order valence-electron chi connectivity index (χ0n) is 23.3. The highest BCUT2D eigenvalue weighted by Gasteiger charge is 2.38. The minimum absolute atomic E-state index is 0.162. The van der Waals surface area contributed by atoms with Crippen molar-refractivity contribution in [1.82, 2.24) is 5.32 Å². The molecule has 1 saturated heterocycles. The summed E-state index contributed by atoms with van der Waals surface area (Å²) in [5, 5.41) is 2.25. The van der Waals surface area contributed by atoms with Crippen molar-refractivity contribution in [3.63, 3.8) is 0 Å². The smallest absolute Gasteiger partial charge is 0.336 e. The van der Waals surface area contributed by atoms with E-state index in [1.54, 1.807) is 31.2 Å². The number of carbonyl (C=O) groups excluding carboxylic acids is 3. The van der Waals surface area contributed by atoms with Crippen molar-refractivity contribution in [2.75, 3.05) is 24.7 Å². The number of aryl methyl sites for hydroxylation is 1. The van der Waals surface area contributed by atoms with Gasteiger partial charge in [-0.05, 0) is 85.1 Å². The SMILES string of the molecule is CCOc1ccc(OCC)c(N2C(=O)NC(=O)/C(=C\c3cc(Br)c(OCc4cccc(C)c4)c(OCC)c3)C2=O)c1. The number of anilines is 1. The van der Waals surface area contributed by atoms with Crippen LogP contribution in [0.4, 0.5) is 10.5 Å². The number of imide groups is 2. The molecule has 1 aliphatic heterocycles. The molecule has 1 aliphatic rings. The number of nitrogens with zero attached hydrogens (tertiary/aromatic N) is 1. The fraction of sp³-hybridized carbons (Fsp3) is 0.258. The molecule has 214 valence electrons. The first-order chi connectivity index (χ1) is 19.7. The van der Waals surface area contributed by atoms with Crippen molar-refractivity contribution in [1.29, 1.82) is 0 Å². The summed E-state index contributed by atoms with van der Waals surface area (Å²) >= 11 is 3.54. The minimum Gasteiger partial charge on any atom is -0.494 e. The largest absolute Gasteiger partial charge is 0.494 e. The van der Waals surface area contributed by atoms with E-state index in [1.165, 1.54) is 12.1 Å². The Morgan fingerprint density at radius 1 is 0.854 bits per heavy atom. The maximum Gasteiger partial charge on any atom is 0.336 e. The molecule has 10 heteroatoms. The van der Waals surface area contributed by atoms with Crippen LogP contribution in [0.25, 0.3) is 6.08 Å². The van der Waals surface area contributed by atoms with Crippen LogP contribution >= 0.6 is 15.9 Å². The molecule has 4 amide bonds. The molecule has 0 saturated carbocycles. The van der Waals surface area contributed by atoms with E-state index in [0.29, 0.717) is 59.5 Å². The molecule has 3 aromatic carbocycles. The Kier molecular flexibility index (Phi) is 9.67. The first-order valence-corrected chi connectivity index (χ1v) is 14.0. The molecule has 1 fully saturated rings. The summed E-state index contributed by atoms with van der Waals surface area (Å²) < 4.78 is 23.7. The normalized spacial score (nSPS) is 14.2. The number of hydrogen-bond acceptors (Lipinski definition) is 7. The zero-order valence-corrected chi connectivity index (χ0v) is 24.9. The van der Waals surface area contributed by atoms with Gasteiger partial charge in [-0.25, -0.2) is 9.69 Å². The summed E-state index contributed by atoms with van der Waals surface area (Å²) in [6, 6.07) is 15.3. The van der Waals surface area contributed by atoms with Gasteiger partial charge in [-0.1, -0.05) is 29.8 Å². The molecule has 3 aromatic rings. The van der Waals surface area contributed by atoms with E-state index in [2.05, 4.69) is 21.2 Å². The van der Waals surface area contributed by atoms with Crippen molar-refractivity contribution in [2.24, 2.45) is 0 Å². The third kappa shape index (κ3) is 6.89. The number of urea groups is 1. The number of benzene rings is 3. The monoisotopic (exact) mass is 622 g/mol. The Bertz CT molecular complexity index is 1500. The molecule has 0 bridgehead atoms. The van der Waals surface area contributed by atoms with E-state index in [-0.39, 0.29) is 11.3 Å². The van der Waals surface area contributed by atoms with Crippen molar-refractivity contribution in [3.8, 4) is 23.0 Å². The van der Waals surface area contributed by atoms with Gasteiger partial charge in [-0.15, -0.1) is 0 Å². The summed E-state index contributed by atoms with van der Waals surface area (Å²) in [5.74, 6) is 0.0400. The van der Waals surface area contributed by atoms with Gasteiger partial charge in [0.2, 0.25) is 0 Å². The number of carbonyl (C=O) groups is 3. The maximum absolute atomic E-state index is 13.6. The Balaban J connectivity index is 1.70. The second kappa shape index (κ2) is 13.4. The molecule has 4 rings (SSSR count). The average molecular weight is 624 g/mol. The number of halogens is 1. The number of hydrogen-bond donors (Lipinski definition) is 1. The van der Waals surface area contributed by atoms with Crippen LogP contribution < -0.4 is 29.2 Å². The van der Waals surface area contributed by atoms with Crippen LogP contribution in [0.2, 0.25) is 0 Å². The molecule has 0 radical (unpaired) electrons. The lowest BCUT2D eigenvalue weighted by Gasteiger charge is -2.28. The fourth-order valence-corrected chi connectivity index (χ4v) is 4.85. The van der Waals surface area contributed by atoms with Crippen LogP contribution in [0.3, 0.4) is 0 Å². The Hall–Kier alpha value is -4.31. The van der Waals surface area contributed by atoms with Crippen LogP contribution in [0.15, 0.2) is 64.6 Å². The lowest BCUT2D eigenvalue weighted by Crippen LogP contribution is -2.54. The fourth-order valence-electron chi connectivity index (χ4n) is 4.28. The standard InChI is InChI=1S/C31H31BrN2O7/c1-5-38-22-11-12-26(39-6-2)25(17-22)34-30(36)23(29(35)33-31(34)37)14-21-15-24(32)28(27(16-21)40-7-3)41-18-20-10-8-9-19(4)13-20/h8-17H,5-7,18H2,1-4H3,(H,33,35,37)/b23-14+. The van der Waals surface area contributed by atoms with E-state index in [9.17, 15) is 14.4 Å². The number of nitrogens with one attached hydrogen (secondary N) is 1. The highest BCUT2D eigenvalue weighted by molar-refractivity contribution is 9.10. The molecule has 0 aromatic heterocycles. The van der Waals surface area contributed by atoms with Gasteiger partial charge in [0.15, 0.2) is 11.5 Å². The molecule has 0 aliphatic carbocycles. The summed E-state index contributed by atoms with van der Waals surface area (Å²) in [6.07, 6.45) is 1.40. The van der Waals surface area contributed by atoms with Gasteiger partial charge in [-0.3, -0.25) is 14.9 Å². The van der Waals surface area contributed by atoms with E-state index >= 15 is 0 Å². The van der Waals surface area contributed by atoms with Crippen LogP contribution in [-0.4, -0.2) is 37.7 Å². The molecule has 9 nitrogen and oxygen atoms in total. The molecular formula is C31H31BrN2O7. The van der Waals surface area contributed by atoms with E-state index in [0.717, 1.165) is 16.0 Å². The van der Waals surface area contributed by atoms with Gasteiger partial charge in [0.05, 0.1) is 30.0 Å². The topological polar surface area (TPSA) is 103 Å². The highest BCUT2D eigenvalue weighted by atomic mass is 79.9. The summed E-state index contributed by atoms with van der Waals surface area (Å²) in [6.45, 7) is 8.84. The van der Waals surface area contributed by atoms with E-state index in [1.807, 2.05) is 45.0 Å². The lowest BCUT2D eigenvalue weighted by atomic mass is 10.1. The predicted octanol–water partition coefficient (Wildman–Crippen LogP) is 6.20. The minimum atomic E-state index is -0.886. The highest BCUT2D eigenvalue weighted by Crippen LogP contribution is 2.39. The summed E-state index contributed by atoms with van der Waals surface area (Å²) in [7, 11) is 0. The van der Waals surface area contributed by atoms with Gasteiger partial charge < -0.3 is 18.9 Å². The Morgan fingerprint density at radius 2 is 1.59 bits per heavy atom. The molecule has 41 heavy (non-hydrogen) atoms. The lowest BCUT2D eigenvalue weighted by molar-refractivity contribution is -0.122. The van der Waals surface area contributed by atoms with Crippen molar-refractivity contribution >= 4 is 45.5 Å². The van der Waals surface area contributed by atoms with Crippen LogP contribution in [-0.2, 0) is 16.2 Å². The maximum atomic E-state index is 13.6. The Labute approximate surface area is 247 Å². The molecule has 1 N–H and O–H groups in total. The van der Waals surface area contributed by atoms with Gasteiger partial charge in [0, 0.05) is 6.07 Å². The van der Waals surface area contributed by atoms with Crippen molar-refractivity contribution in [3.05, 3.63) is 81.3 Å². The first-order valence-electron chi connectivity index (χ1n) is 13.2. The molecule has 1 heterocycles. The predicted molar refractivity (Wildman–Crippen MR) is 159 cm³/mol. The van der Waals surface area contributed by atoms with E-state index < -0.39 is 17.8 Å². The molecular weight excluding hydrogens is 592 g/mol. The first kappa shape index (κ1) is 29.7. The van der Waals surface area contributed by atoms with Crippen LogP contribution in [0.5, 0.6) is 23.0 Å². The number of barbiturate groups is 1. The van der Waals surface area contributed by atoms with Crippen molar-refractivity contribution < 1.29 is 33.3 Å². The van der Waals surface area contributed by atoms with Crippen LogP contribution in [0, 0.1) is 6.92 Å². The summed E-state index contributed by atoms with van der Waals surface area (Å²) in [4.78, 5) is 40.3. The van der Waals surface area contributed by atoms with Crippen LogP contribution in [0.1, 0.15) is 37.5 Å². The van der Waals surface area contributed by atoms with E-state index in [4.69, 9.17) is 18.9 Å². The summed E-state index contributed by atoms with van der Waals surface area (Å²) in [5.41, 5.74) is 2.54. The quantitative estimate of drug-likeness (QED) is 0.201. The third-order valence-electron chi connectivity index (χ3n) is 5.99. The number of rotatable bonds is 11.